The fourth-order valence-electron chi connectivity index (χ4n) is 3.85. The van der Waals surface area contributed by atoms with Crippen molar-refractivity contribution >= 4 is 5.91 Å². The lowest BCUT2D eigenvalue weighted by Gasteiger charge is -2.37. The number of nitrogens with zero attached hydrogens (tertiary/aromatic N) is 4. The molecule has 1 aromatic rings. The van der Waals surface area contributed by atoms with Gasteiger partial charge in [-0.05, 0) is 20.3 Å². The molecule has 0 radical (unpaired) electrons. The maximum atomic E-state index is 12.6. The Kier molecular flexibility index (Phi) is 6.12. The first kappa shape index (κ1) is 18.4. The van der Waals surface area contributed by atoms with Crippen LogP contribution in [0.5, 0.6) is 0 Å². The first-order chi connectivity index (χ1) is 12.1. The second kappa shape index (κ2) is 8.32. The molecule has 1 aromatic heterocycles. The molecule has 6 nitrogen and oxygen atoms in total. The molecule has 0 saturated carbocycles. The van der Waals surface area contributed by atoms with Crippen molar-refractivity contribution in [1.29, 1.82) is 0 Å². The largest absolute Gasteiger partial charge is 0.376 e. The molecule has 1 saturated heterocycles. The Bertz CT molecular complexity index is 588. The van der Waals surface area contributed by atoms with Gasteiger partial charge in [0.1, 0.15) is 0 Å². The van der Waals surface area contributed by atoms with Crippen molar-refractivity contribution in [3.63, 3.8) is 0 Å². The normalized spacial score (nSPS) is 18.6. The number of aryl methyl sites for hydroxylation is 2. The summed E-state index contributed by atoms with van der Waals surface area (Å²) in [5.74, 6) is 0.263. The summed E-state index contributed by atoms with van der Waals surface area (Å²) >= 11 is 0. The summed E-state index contributed by atoms with van der Waals surface area (Å²) in [5.41, 5.74) is 3.62. The van der Waals surface area contributed by atoms with Crippen LogP contribution in [0.1, 0.15) is 50.6 Å². The van der Waals surface area contributed by atoms with Gasteiger partial charge in [-0.15, -0.1) is 0 Å². The van der Waals surface area contributed by atoms with E-state index in [4.69, 9.17) is 9.84 Å². The first-order valence-corrected chi connectivity index (χ1v) is 9.77. The molecular weight excluding hydrogens is 316 g/mol. The summed E-state index contributed by atoms with van der Waals surface area (Å²) in [6.07, 6.45) is 3.30. The van der Waals surface area contributed by atoms with E-state index in [9.17, 15) is 4.79 Å². The van der Waals surface area contributed by atoms with E-state index in [0.717, 1.165) is 64.3 Å². The average molecular weight is 348 g/mol. The van der Waals surface area contributed by atoms with E-state index >= 15 is 0 Å². The third-order valence-electron chi connectivity index (χ3n) is 5.39. The highest BCUT2D eigenvalue weighted by atomic mass is 16.5. The molecule has 2 aliphatic heterocycles. The maximum absolute atomic E-state index is 12.6. The van der Waals surface area contributed by atoms with Crippen LogP contribution in [0.3, 0.4) is 0 Å². The van der Waals surface area contributed by atoms with Gasteiger partial charge in [0, 0.05) is 69.3 Å². The summed E-state index contributed by atoms with van der Waals surface area (Å²) in [5, 5.41) is 4.79. The number of carbonyl (C=O) groups is 1. The third kappa shape index (κ3) is 4.23. The molecule has 25 heavy (non-hydrogen) atoms. The number of hydrogen-bond acceptors (Lipinski definition) is 4. The second-order valence-corrected chi connectivity index (χ2v) is 7.41. The molecule has 2 aliphatic rings. The highest BCUT2D eigenvalue weighted by Crippen LogP contribution is 2.22. The maximum Gasteiger partial charge on any atom is 0.223 e. The summed E-state index contributed by atoms with van der Waals surface area (Å²) in [7, 11) is 0. The van der Waals surface area contributed by atoms with E-state index in [-0.39, 0.29) is 5.91 Å². The standard InChI is InChI=1S/C19H32N4O2/c1-4-8-23-18-7-13-25-14-16(18)17(20-23)5-6-19(24)22-11-9-21(10-12-22)15(2)3/h15H,4-14H2,1-3H3. The van der Waals surface area contributed by atoms with Gasteiger partial charge in [0.05, 0.1) is 18.9 Å². The zero-order valence-corrected chi connectivity index (χ0v) is 16.0. The van der Waals surface area contributed by atoms with E-state index in [1.165, 1.54) is 11.3 Å². The summed E-state index contributed by atoms with van der Waals surface area (Å²) < 4.78 is 7.77. The quantitative estimate of drug-likeness (QED) is 0.787. The average Bonchev–Trinajstić information content (AvgIpc) is 2.98. The van der Waals surface area contributed by atoms with Crippen LogP contribution >= 0.6 is 0 Å². The molecule has 0 aliphatic carbocycles. The predicted molar refractivity (Wildman–Crippen MR) is 97.5 cm³/mol. The van der Waals surface area contributed by atoms with Crippen LogP contribution in [0.25, 0.3) is 0 Å². The molecular formula is C19H32N4O2. The second-order valence-electron chi connectivity index (χ2n) is 7.41. The number of fused-ring (bicyclic) bond motifs is 1. The van der Waals surface area contributed by atoms with Crippen molar-refractivity contribution < 1.29 is 9.53 Å². The zero-order valence-electron chi connectivity index (χ0n) is 16.0. The van der Waals surface area contributed by atoms with Gasteiger partial charge in [-0.2, -0.15) is 5.10 Å². The number of piperazine rings is 1. The van der Waals surface area contributed by atoms with Crippen molar-refractivity contribution in [3.05, 3.63) is 17.0 Å². The van der Waals surface area contributed by atoms with Gasteiger partial charge in [-0.1, -0.05) is 6.92 Å². The number of aromatic nitrogens is 2. The van der Waals surface area contributed by atoms with E-state index in [1.54, 1.807) is 0 Å². The first-order valence-electron chi connectivity index (χ1n) is 9.77. The minimum atomic E-state index is 0.263. The fourth-order valence-corrected chi connectivity index (χ4v) is 3.85. The Labute approximate surface area is 151 Å². The number of ether oxygens (including phenoxy) is 1. The Balaban J connectivity index is 1.57. The predicted octanol–water partition coefficient (Wildman–Crippen LogP) is 1.85. The van der Waals surface area contributed by atoms with Crippen LogP contribution in [-0.2, 0) is 35.5 Å². The summed E-state index contributed by atoms with van der Waals surface area (Å²) in [6, 6.07) is 0.561. The van der Waals surface area contributed by atoms with Crippen molar-refractivity contribution in [2.45, 2.75) is 65.6 Å². The van der Waals surface area contributed by atoms with Crippen LogP contribution < -0.4 is 0 Å². The summed E-state index contributed by atoms with van der Waals surface area (Å²) in [4.78, 5) is 17.0. The zero-order chi connectivity index (χ0) is 17.8. The van der Waals surface area contributed by atoms with Gasteiger partial charge in [0.2, 0.25) is 5.91 Å². The van der Waals surface area contributed by atoms with Crippen LogP contribution in [0.2, 0.25) is 0 Å². The van der Waals surface area contributed by atoms with E-state index in [0.29, 0.717) is 19.1 Å². The highest BCUT2D eigenvalue weighted by Gasteiger charge is 2.24. The van der Waals surface area contributed by atoms with Crippen molar-refractivity contribution in [2.24, 2.45) is 0 Å². The molecule has 6 heteroatoms. The number of carbonyl (C=O) groups excluding carboxylic acids is 1. The van der Waals surface area contributed by atoms with E-state index < -0.39 is 0 Å². The highest BCUT2D eigenvalue weighted by molar-refractivity contribution is 5.76. The van der Waals surface area contributed by atoms with Gasteiger partial charge in [-0.3, -0.25) is 14.4 Å². The molecule has 3 heterocycles. The lowest BCUT2D eigenvalue weighted by Crippen LogP contribution is -2.50. The molecule has 1 fully saturated rings. The van der Waals surface area contributed by atoms with Crippen molar-refractivity contribution in [3.8, 4) is 0 Å². The van der Waals surface area contributed by atoms with Gasteiger partial charge in [0.15, 0.2) is 0 Å². The van der Waals surface area contributed by atoms with Gasteiger partial charge in [-0.25, -0.2) is 0 Å². The van der Waals surface area contributed by atoms with Gasteiger partial charge >= 0.3 is 0 Å². The van der Waals surface area contributed by atoms with E-state index in [2.05, 4.69) is 30.4 Å². The number of hydrogen-bond donors (Lipinski definition) is 0. The minimum Gasteiger partial charge on any atom is -0.376 e. The molecule has 1 amide bonds. The van der Waals surface area contributed by atoms with Crippen LogP contribution in [0, 0.1) is 0 Å². The molecule has 140 valence electrons. The molecule has 0 N–H and O–H groups in total. The molecule has 0 aromatic carbocycles. The van der Waals surface area contributed by atoms with Crippen LogP contribution in [0.15, 0.2) is 0 Å². The van der Waals surface area contributed by atoms with Crippen molar-refractivity contribution in [1.82, 2.24) is 19.6 Å². The smallest absolute Gasteiger partial charge is 0.223 e. The van der Waals surface area contributed by atoms with Crippen molar-refractivity contribution in [2.75, 3.05) is 32.8 Å². The fraction of sp³-hybridized carbons (Fsp3) is 0.789. The molecule has 0 unspecified atom stereocenters. The minimum absolute atomic E-state index is 0.263. The molecule has 3 rings (SSSR count). The Morgan fingerprint density at radius 2 is 2.00 bits per heavy atom. The molecule has 0 bridgehead atoms. The lowest BCUT2D eigenvalue weighted by molar-refractivity contribution is -0.133. The molecule has 0 atom stereocenters. The lowest BCUT2D eigenvalue weighted by atomic mass is 10.1. The van der Waals surface area contributed by atoms with Gasteiger partial charge < -0.3 is 9.64 Å². The van der Waals surface area contributed by atoms with Crippen LogP contribution in [0.4, 0.5) is 0 Å². The number of amides is 1. The topological polar surface area (TPSA) is 50.6 Å². The third-order valence-corrected chi connectivity index (χ3v) is 5.39. The Morgan fingerprint density at radius 3 is 2.68 bits per heavy atom. The SMILES string of the molecule is CCCn1nc(CCC(=O)N2CCN(C(C)C)CC2)c2c1CCOC2. The Hall–Kier alpha value is -1.40. The molecule has 0 spiro atoms. The van der Waals surface area contributed by atoms with Crippen LogP contribution in [-0.4, -0.2) is 64.3 Å². The van der Waals surface area contributed by atoms with E-state index in [1.807, 2.05) is 4.90 Å². The van der Waals surface area contributed by atoms with Gasteiger partial charge in [0.25, 0.3) is 0 Å². The Morgan fingerprint density at radius 1 is 1.24 bits per heavy atom. The number of rotatable bonds is 6. The monoisotopic (exact) mass is 348 g/mol. The summed E-state index contributed by atoms with van der Waals surface area (Å²) in [6.45, 7) is 12.7.